The molecule has 0 bridgehead atoms. The fourth-order valence-corrected chi connectivity index (χ4v) is 1.69. The van der Waals surface area contributed by atoms with Gasteiger partial charge in [-0.3, -0.25) is 14.9 Å². The summed E-state index contributed by atoms with van der Waals surface area (Å²) in [4.78, 5) is 33.6. The zero-order valence-corrected chi connectivity index (χ0v) is 12.5. The molecule has 1 amide bonds. The Morgan fingerprint density at radius 3 is 2.68 bits per heavy atom. The van der Waals surface area contributed by atoms with E-state index in [2.05, 4.69) is 10.6 Å². The lowest BCUT2D eigenvalue weighted by Gasteiger charge is -2.07. The molecule has 0 unspecified atom stereocenters. The first-order chi connectivity index (χ1) is 10.5. The van der Waals surface area contributed by atoms with Crippen molar-refractivity contribution >= 4 is 23.3 Å². The van der Waals surface area contributed by atoms with Gasteiger partial charge in [-0.1, -0.05) is 13.3 Å². The van der Waals surface area contributed by atoms with E-state index >= 15 is 0 Å². The van der Waals surface area contributed by atoms with Crippen LogP contribution >= 0.6 is 0 Å². The molecule has 0 atom stereocenters. The van der Waals surface area contributed by atoms with E-state index in [9.17, 15) is 19.7 Å². The van der Waals surface area contributed by atoms with Crippen molar-refractivity contribution in [1.82, 2.24) is 5.32 Å². The highest BCUT2D eigenvalue weighted by molar-refractivity contribution is 5.93. The molecule has 0 fully saturated rings. The quantitative estimate of drug-likeness (QED) is 0.327. The van der Waals surface area contributed by atoms with Crippen LogP contribution in [-0.2, 0) is 9.53 Å². The van der Waals surface area contributed by atoms with Gasteiger partial charge in [-0.05, 0) is 18.6 Å². The van der Waals surface area contributed by atoms with Crippen molar-refractivity contribution in [3.63, 3.8) is 0 Å². The van der Waals surface area contributed by atoms with Gasteiger partial charge in [-0.2, -0.15) is 0 Å². The Kier molecular flexibility index (Phi) is 6.81. The van der Waals surface area contributed by atoms with Crippen LogP contribution in [0.3, 0.4) is 0 Å². The number of anilines is 1. The van der Waals surface area contributed by atoms with Crippen LogP contribution in [0.25, 0.3) is 0 Å². The molecule has 8 nitrogen and oxygen atoms in total. The van der Waals surface area contributed by atoms with Crippen molar-refractivity contribution in [3.05, 3.63) is 33.9 Å². The molecule has 0 heterocycles. The van der Waals surface area contributed by atoms with E-state index in [1.165, 1.54) is 12.1 Å². The summed E-state index contributed by atoms with van der Waals surface area (Å²) >= 11 is 0. The molecule has 0 saturated heterocycles. The number of carbonyl (C=O) groups excluding carboxylic acids is 2. The highest BCUT2D eigenvalue weighted by atomic mass is 16.6. The Balaban J connectivity index is 2.64. The second-order valence-corrected chi connectivity index (χ2v) is 4.52. The first-order valence-corrected chi connectivity index (χ1v) is 6.89. The van der Waals surface area contributed by atoms with Gasteiger partial charge >= 0.3 is 5.97 Å². The van der Waals surface area contributed by atoms with E-state index in [1.54, 1.807) is 7.05 Å². The van der Waals surface area contributed by atoms with Crippen LogP contribution in [0.4, 0.5) is 11.4 Å². The van der Waals surface area contributed by atoms with Gasteiger partial charge < -0.3 is 15.4 Å². The van der Waals surface area contributed by atoms with E-state index in [0.29, 0.717) is 12.2 Å². The molecule has 120 valence electrons. The van der Waals surface area contributed by atoms with Gasteiger partial charge in [0.05, 0.1) is 10.5 Å². The molecule has 1 aromatic carbocycles. The van der Waals surface area contributed by atoms with Gasteiger partial charge in [0.25, 0.3) is 11.6 Å². The molecular formula is C14H19N3O5. The van der Waals surface area contributed by atoms with Gasteiger partial charge in [0, 0.05) is 19.7 Å². The predicted octanol–water partition coefficient (Wildman–Crippen LogP) is 1.71. The normalized spacial score (nSPS) is 9.91. The number of esters is 1. The largest absolute Gasteiger partial charge is 0.452 e. The molecule has 0 saturated carbocycles. The maximum atomic E-state index is 11.8. The highest BCUT2D eigenvalue weighted by Crippen LogP contribution is 2.25. The van der Waals surface area contributed by atoms with Crippen LogP contribution in [0.1, 0.15) is 30.1 Å². The molecule has 0 aromatic heterocycles. The number of carbonyl (C=O) groups is 2. The number of hydrogen-bond donors (Lipinski definition) is 2. The lowest BCUT2D eigenvalue weighted by atomic mass is 10.1. The van der Waals surface area contributed by atoms with Crippen LogP contribution in [0.2, 0.25) is 0 Å². The zero-order chi connectivity index (χ0) is 16.5. The number of nitrogens with zero attached hydrogens (tertiary/aromatic N) is 1. The van der Waals surface area contributed by atoms with Gasteiger partial charge in [0.1, 0.15) is 5.69 Å². The van der Waals surface area contributed by atoms with Crippen molar-refractivity contribution in [2.45, 2.75) is 19.8 Å². The molecule has 0 aliphatic carbocycles. The maximum absolute atomic E-state index is 11.8. The van der Waals surface area contributed by atoms with E-state index in [-0.39, 0.29) is 11.3 Å². The summed E-state index contributed by atoms with van der Waals surface area (Å²) in [7, 11) is 1.54. The molecule has 0 spiro atoms. The third-order valence-corrected chi connectivity index (χ3v) is 2.89. The number of benzene rings is 1. The summed E-state index contributed by atoms with van der Waals surface area (Å²) in [6, 6.07) is 3.93. The summed E-state index contributed by atoms with van der Waals surface area (Å²) in [6.07, 6.45) is 1.79. The predicted molar refractivity (Wildman–Crippen MR) is 80.8 cm³/mol. The summed E-state index contributed by atoms with van der Waals surface area (Å²) in [5.41, 5.74) is 0.0789. The van der Waals surface area contributed by atoms with Crippen molar-refractivity contribution in [2.75, 3.05) is 25.5 Å². The Morgan fingerprint density at radius 2 is 2.09 bits per heavy atom. The molecule has 8 heteroatoms. The van der Waals surface area contributed by atoms with Gasteiger partial charge in [-0.25, -0.2) is 4.79 Å². The fourth-order valence-electron chi connectivity index (χ4n) is 1.69. The molecule has 1 rings (SSSR count). The second kappa shape index (κ2) is 8.60. The van der Waals surface area contributed by atoms with Crippen molar-refractivity contribution in [3.8, 4) is 0 Å². The minimum atomic E-state index is -0.781. The number of ether oxygens (including phenoxy) is 1. The Labute approximate surface area is 128 Å². The van der Waals surface area contributed by atoms with Gasteiger partial charge in [-0.15, -0.1) is 0 Å². The third-order valence-electron chi connectivity index (χ3n) is 2.89. The van der Waals surface area contributed by atoms with Crippen molar-refractivity contribution < 1.29 is 19.2 Å². The van der Waals surface area contributed by atoms with Crippen LogP contribution in [-0.4, -0.2) is 37.0 Å². The highest BCUT2D eigenvalue weighted by Gasteiger charge is 2.18. The summed E-state index contributed by atoms with van der Waals surface area (Å²) < 4.78 is 4.83. The average Bonchev–Trinajstić information content (AvgIpc) is 2.52. The fraction of sp³-hybridized carbons (Fsp3) is 0.429. The topological polar surface area (TPSA) is 111 Å². The van der Waals surface area contributed by atoms with Crippen molar-refractivity contribution in [1.29, 1.82) is 0 Å². The number of hydrogen-bond acceptors (Lipinski definition) is 6. The number of amides is 1. The Morgan fingerprint density at radius 1 is 1.36 bits per heavy atom. The molecular weight excluding hydrogens is 290 g/mol. The number of nitro benzene ring substituents is 1. The first-order valence-electron chi connectivity index (χ1n) is 6.89. The summed E-state index contributed by atoms with van der Waals surface area (Å²) in [6.45, 7) is 2.10. The lowest BCUT2D eigenvalue weighted by molar-refractivity contribution is -0.384. The van der Waals surface area contributed by atoms with E-state index in [4.69, 9.17) is 4.74 Å². The van der Waals surface area contributed by atoms with Crippen LogP contribution in [0.5, 0.6) is 0 Å². The number of rotatable bonds is 8. The number of nitrogens with one attached hydrogen (secondary N) is 2. The smallest absolute Gasteiger partial charge is 0.338 e. The maximum Gasteiger partial charge on any atom is 0.338 e. The monoisotopic (exact) mass is 309 g/mol. The van der Waals surface area contributed by atoms with Crippen LogP contribution in [0.15, 0.2) is 18.2 Å². The zero-order valence-electron chi connectivity index (χ0n) is 12.5. The summed E-state index contributed by atoms with van der Waals surface area (Å²) in [5.74, 6) is -1.18. The second-order valence-electron chi connectivity index (χ2n) is 4.52. The molecule has 0 aliphatic heterocycles. The molecule has 0 radical (unpaired) electrons. The molecule has 0 aliphatic rings. The number of unbranched alkanes of at least 4 members (excludes halogenated alkanes) is 1. The van der Waals surface area contributed by atoms with Crippen LogP contribution in [0, 0.1) is 10.1 Å². The van der Waals surface area contributed by atoms with E-state index in [1.807, 2.05) is 6.92 Å². The van der Waals surface area contributed by atoms with Crippen molar-refractivity contribution in [2.24, 2.45) is 0 Å². The third kappa shape index (κ3) is 5.04. The van der Waals surface area contributed by atoms with Gasteiger partial charge in [0.15, 0.2) is 6.61 Å². The van der Waals surface area contributed by atoms with Gasteiger partial charge in [0.2, 0.25) is 0 Å². The molecule has 1 aromatic rings. The van der Waals surface area contributed by atoms with E-state index in [0.717, 1.165) is 18.9 Å². The lowest BCUT2D eigenvalue weighted by Crippen LogP contribution is -2.29. The minimum absolute atomic E-state index is 0.0204. The SMILES string of the molecule is CCCCNC(=O)COC(=O)c1ccc(NC)c([N+](=O)[O-])c1. The molecule has 2 N–H and O–H groups in total. The first kappa shape index (κ1) is 17.4. The average molecular weight is 309 g/mol. The summed E-state index contributed by atoms with van der Waals surface area (Å²) in [5, 5.41) is 16.2. The standard InChI is InChI=1S/C14H19N3O5/c1-3-4-7-16-13(18)9-22-14(19)10-5-6-11(15-2)12(8-10)17(20)21/h5-6,8,15H,3-4,7,9H2,1-2H3,(H,16,18). The minimum Gasteiger partial charge on any atom is -0.452 e. The van der Waals surface area contributed by atoms with Crippen LogP contribution < -0.4 is 10.6 Å². The Hall–Kier alpha value is -2.64. The van der Waals surface area contributed by atoms with E-state index < -0.39 is 23.4 Å². The molecule has 22 heavy (non-hydrogen) atoms. The number of nitro groups is 1. The Bertz CT molecular complexity index is 559.